The zero-order valence-electron chi connectivity index (χ0n) is 11.4. The Hall–Kier alpha value is -2.01. The highest BCUT2D eigenvalue weighted by atomic mass is 32.1. The van der Waals surface area contributed by atoms with Gasteiger partial charge in [-0.1, -0.05) is 6.07 Å². The Morgan fingerprint density at radius 3 is 2.55 bits per heavy atom. The Bertz CT molecular complexity index is 615. The Morgan fingerprint density at radius 1 is 1.20 bits per heavy atom. The molecule has 3 N–H and O–H groups in total. The fourth-order valence-electron chi connectivity index (χ4n) is 1.82. The molecule has 0 aliphatic rings. The van der Waals surface area contributed by atoms with Crippen molar-refractivity contribution in [3.63, 3.8) is 0 Å². The van der Waals surface area contributed by atoms with Gasteiger partial charge in [0.1, 0.15) is 0 Å². The minimum Gasteiger partial charge on any atom is -0.504 e. The number of amides is 1. The van der Waals surface area contributed by atoms with Crippen molar-refractivity contribution in [3.8, 4) is 11.5 Å². The molecule has 0 radical (unpaired) electrons. The van der Waals surface area contributed by atoms with E-state index in [2.05, 4.69) is 5.32 Å². The van der Waals surface area contributed by atoms with Gasteiger partial charge in [-0.05, 0) is 49.6 Å². The maximum atomic E-state index is 11.9. The lowest BCUT2D eigenvalue weighted by Gasteiger charge is -2.05. The van der Waals surface area contributed by atoms with Gasteiger partial charge in [-0.2, -0.15) is 0 Å². The number of aromatic hydroxyl groups is 2. The Balaban J connectivity index is 1.89. The quantitative estimate of drug-likeness (QED) is 0.759. The van der Waals surface area contributed by atoms with Crippen LogP contribution in [-0.2, 0) is 6.42 Å². The SMILES string of the molecule is Cc1cc(C(=O)NCCc2ccc(O)c(O)c2)sc1C. The topological polar surface area (TPSA) is 69.6 Å². The number of carbonyl (C=O) groups excluding carboxylic acids is 1. The number of nitrogens with one attached hydrogen (secondary N) is 1. The van der Waals surface area contributed by atoms with Crippen LogP contribution in [0.25, 0.3) is 0 Å². The summed E-state index contributed by atoms with van der Waals surface area (Å²) >= 11 is 1.49. The van der Waals surface area contributed by atoms with Crippen molar-refractivity contribution in [2.75, 3.05) is 6.54 Å². The molecule has 106 valence electrons. The minimum atomic E-state index is -0.140. The third-order valence-corrected chi connectivity index (χ3v) is 4.28. The number of phenolic OH excluding ortho intramolecular Hbond substituents is 2. The normalized spacial score (nSPS) is 10.5. The van der Waals surface area contributed by atoms with Crippen LogP contribution in [0.2, 0.25) is 0 Å². The van der Waals surface area contributed by atoms with Gasteiger partial charge in [0.25, 0.3) is 5.91 Å². The van der Waals surface area contributed by atoms with Crippen LogP contribution >= 0.6 is 11.3 Å². The third-order valence-electron chi connectivity index (χ3n) is 3.13. The first-order chi connectivity index (χ1) is 9.47. The molecule has 0 aliphatic heterocycles. The highest BCUT2D eigenvalue weighted by Gasteiger charge is 2.10. The Labute approximate surface area is 121 Å². The van der Waals surface area contributed by atoms with E-state index in [4.69, 9.17) is 0 Å². The summed E-state index contributed by atoms with van der Waals surface area (Å²) in [6.07, 6.45) is 0.600. The van der Waals surface area contributed by atoms with E-state index in [1.165, 1.54) is 23.5 Å². The number of aryl methyl sites for hydroxylation is 2. The second-order valence-electron chi connectivity index (χ2n) is 4.68. The molecule has 1 amide bonds. The second kappa shape index (κ2) is 5.96. The molecule has 0 atom stereocenters. The first-order valence-corrected chi connectivity index (χ1v) is 7.15. The summed E-state index contributed by atoms with van der Waals surface area (Å²) in [7, 11) is 0. The molecule has 20 heavy (non-hydrogen) atoms. The average Bonchev–Trinajstić information content (AvgIpc) is 2.74. The number of thiophene rings is 1. The van der Waals surface area contributed by atoms with Gasteiger partial charge in [0, 0.05) is 11.4 Å². The lowest BCUT2D eigenvalue weighted by molar-refractivity contribution is 0.0958. The van der Waals surface area contributed by atoms with E-state index in [1.807, 2.05) is 19.9 Å². The zero-order valence-corrected chi connectivity index (χ0v) is 12.3. The first kappa shape index (κ1) is 14.4. The number of hydrogen-bond acceptors (Lipinski definition) is 4. The van der Waals surface area contributed by atoms with E-state index in [-0.39, 0.29) is 17.4 Å². The summed E-state index contributed by atoms with van der Waals surface area (Å²) in [5.74, 6) is -0.352. The van der Waals surface area contributed by atoms with Gasteiger partial charge in [-0.25, -0.2) is 0 Å². The molecule has 1 aromatic heterocycles. The van der Waals surface area contributed by atoms with E-state index in [0.29, 0.717) is 17.8 Å². The molecular formula is C15H17NO3S. The smallest absolute Gasteiger partial charge is 0.261 e. The second-order valence-corrected chi connectivity index (χ2v) is 5.94. The highest BCUT2D eigenvalue weighted by Crippen LogP contribution is 2.25. The molecule has 0 saturated heterocycles. The molecular weight excluding hydrogens is 274 g/mol. The fourth-order valence-corrected chi connectivity index (χ4v) is 2.77. The van der Waals surface area contributed by atoms with Crippen LogP contribution in [0.1, 0.15) is 25.7 Å². The van der Waals surface area contributed by atoms with Gasteiger partial charge in [0.05, 0.1) is 4.88 Å². The molecule has 0 saturated carbocycles. The maximum absolute atomic E-state index is 11.9. The molecule has 0 unspecified atom stereocenters. The number of hydrogen-bond donors (Lipinski definition) is 3. The van der Waals surface area contributed by atoms with Crippen LogP contribution in [0.3, 0.4) is 0 Å². The Kier molecular flexibility index (Phi) is 4.29. The lowest BCUT2D eigenvalue weighted by Crippen LogP contribution is -2.24. The predicted molar refractivity (Wildman–Crippen MR) is 79.6 cm³/mol. The average molecular weight is 291 g/mol. The summed E-state index contributed by atoms with van der Waals surface area (Å²) in [6, 6.07) is 6.56. The van der Waals surface area contributed by atoms with E-state index < -0.39 is 0 Å². The molecule has 1 aromatic carbocycles. The van der Waals surface area contributed by atoms with Crippen LogP contribution in [-0.4, -0.2) is 22.7 Å². The van der Waals surface area contributed by atoms with Gasteiger partial charge >= 0.3 is 0 Å². The molecule has 0 aliphatic carbocycles. The number of benzene rings is 1. The first-order valence-electron chi connectivity index (χ1n) is 6.33. The van der Waals surface area contributed by atoms with E-state index in [0.717, 1.165) is 16.0 Å². The summed E-state index contributed by atoms with van der Waals surface area (Å²) < 4.78 is 0. The van der Waals surface area contributed by atoms with E-state index in [9.17, 15) is 15.0 Å². The molecule has 5 heteroatoms. The van der Waals surface area contributed by atoms with E-state index >= 15 is 0 Å². The van der Waals surface area contributed by atoms with Gasteiger partial charge < -0.3 is 15.5 Å². The lowest BCUT2D eigenvalue weighted by atomic mass is 10.1. The van der Waals surface area contributed by atoms with Crippen LogP contribution in [0.4, 0.5) is 0 Å². The largest absolute Gasteiger partial charge is 0.504 e. The molecule has 1 heterocycles. The van der Waals surface area contributed by atoms with Gasteiger partial charge in [0.2, 0.25) is 0 Å². The van der Waals surface area contributed by atoms with Crippen molar-refractivity contribution < 1.29 is 15.0 Å². The number of rotatable bonds is 4. The molecule has 0 bridgehead atoms. The van der Waals surface area contributed by atoms with Gasteiger partial charge in [-0.3, -0.25) is 4.79 Å². The molecule has 2 aromatic rings. The van der Waals surface area contributed by atoms with Crippen LogP contribution < -0.4 is 5.32 Å². The maximum Gasteiger partial charge on any atom is 0.261 e. The van der Waals surface area contributed by atoms with Crippen molar-refractivity contribution >= 4 is 17.2 Å². The van der Waals surface area contributed by atoms with E-state index in [1.54, 1.807) is 6.07 Å². The molecule has 0 spiro atoms. The van der Waals surface area contributed by atoms with Crippen LogP contribution in [0.5, 0.6) is 11.5 Å². The van der Waals surface area contributed by atoms with Crippen molar-refractivity contribution in [1.29, 1.82) is 0 Å². The number of phenols is 2. The van der Waals surface area contributed by atoms with Crippen LogP contribution in [0, 0.1) is 13.8 Å². The fraction of sp³-hybridized carbons (Fsp3) is 0.267. The minimum absolute atomic E-state index is 0.0748. The van der Waals surface area contributed by atoms with Crippen molar-refractivity contribution in [2.24, 2.45) is 0 Å². The molecule has 4 nitrogen and oxygen atoms in total. The number of carbonyl (C=O) groups is 1. The standard InChI is InChI=1S/C15H17NO3S/c1-9-7-14(20-10(9)2)15(19)16-6-5-11-3-4-12(17)13(18)8-11/h3-4,7-8,17-18H,5-6H2,1-2H3,(H,16,19). The monoisotopic (exact) mass is 291 g/mol. The van der Waals surface area contributed by atoms with Gasteiger partial charge in [0.15, 0.2) is 11.5 Å². The summed E-state index contributed by atoms with van der Waals surface area (Å²) in [5, 5.41) is 21.4. The predicted octanol–water partition coefficient (Wildman–Crippen LogP) is 2.75. The van der Waals surface area contributed by atoms with Crippen molar-refractivity contribution in [3.05, 3.63) is 45.1 Å². The van der Waals surface area contributed by atoms with Crippen LogP contribution in [0.15, 0.2) is 24.3 Å². The van der Waals surface area contributed by atoms with Gasteiger partial charge in [-0.15, -0.1) is 11.3 Å². The molecule has 0 fully saturated rings. The van der Waals surface area contributed by atoms with Crippen molar-refractivity contribution in [1.82, 2.24) is 5.32 Å². The molecule has 2 rings (SSSR count). The summed E-state index contributed by atoms with van der Waals surface area (Å²) in [5.41, 5.74) is 1.99. The summed E-state index contributed by atoms with van der Waals surface area (Å²) in [4.78, 5) is 13.8. The zero-order chi connectivity index (χ0) is 14.7. The highest BCUT2D eigenvalue weighted by molar-refractivity contribution is 7.14. The van der Waals surface area contributed by atoms with Crippen molar-refractivity contribution in [2.45, 2.75) is 20.3 Å². The Morgan fingerprint density at radius 2 is 1.95 bits per heavy atom. The summed E-state index contributed by atoms with van der Waals surface area (Å²) in [6.45, 7) is 4.47. The third kappa shape index (κ3) is 3.30.